The van der Waals surface area contributed by atoms with Crippen LogP contribution in [0, 0.1) is 0 Å². The van der Waals surface area contributed by atoms with Crippen LogP contribution >= 0.6 is 0 Å². The highest BCUT2D eigenvalue weighted by atomic mass is 16.2. The van der Waals surface area contributed by atoms with Crippen molar-refractivity contribution in [3.63, 3.8) is 0 Å². The summed E-state index contributed by atoms with van der Waals surface area (Å²) >= 11 is 0. The van der Waals surface area contributed by atoms with E-state index in [2.05, 4.69) is 10.3 Å². The molecular formula is C15H18N4O. The number of benzene rings is 1. The highest BCUT2D eigenvalue weighted by molar-refractivity contribution is 5.98. The molecule has 1 aliphatic rings. The Labute approximate surface area is 117 Å². The number of para-hydroxylation sites is 1. The van der Waals surface area contributed by atoms with Gasteiger partial charge in [-0.05, 0) is 18.9 Å². The summed E-state index contributed by atoms with van der Waals surface area (Å²) in [6, 6.07) is 8.18. The van der Waals surface area contributed by atoms with Crippen molar-refractivity contribution in [2.24, 2.45) is 0 Å². The van der Waals surface area contributed by atoms with E-state index in [0.29, 0.717) is 18.3 Å². The van der Waals surface area contributed by atoms with Gasteiger partial charge in [-0.15, -0.1) is 0 Å². The second kappa shape index (κ2) is 5.00. The van der Waals surface area contributed by atoms with Crippen LogP contribution in [0.25, 0.3) is 10.9 Å². The van der Waals surface area contributed by atoms with Crippen LogP contribution < -0.4 is 16.0 Å². The lowest BCUT2D eigenvalue weighted by molar-refractivity contribution is -0.119. The van der Waals surface area contributed by atoms with Crippen molar-refractivity contribution < 1.29 is 4.79 Å². The van der Waals surface area contributed by atoms with Gasteiger partial charge in [-0.2, -0.15) is 0 Å². The van der Waals surface area contributed by atoms with Crippen molar-refractivity contribution >= 4 is 28.2 Å². The van der Waals surface area contributed by atoms with E-state index in [1.54, 1.807) is 6.20 Å². The van der Waals surface area contributed by atoms with Gasteiger partial charge in [0.25, 0.3) is 0 Å². The maximum Gasteiger partial charge on any atom is 0.239 e. The number of carbonyl (C=O) groups excluding carboxylic acids is 1. The molecule has 1 aromatic heterocycles. The second-order valence-electron chi connectivity index (χ2n) is 5.28. The molecule has 3 rings (SSSR count). The maximum atomic E-state index is 11.9. The molecule has 1 aliphatic carbocycles. The fraction of sp³-hybridized carbons (Fsp3) is 0.333. The van der Waals surface area contributed by atoms with E-state index < -0.39 is 0 Å². The van der Waals surface area contributed by atoms with Crippen LogP contribution in [0.5, 0.6) is 0 Å². The molecule has 20 heavy (non-hydrogen) atoms. The third-order valence-electron chi connectivity index (χ3n) is 3.48. The second-order valence-corrected chi connectivity index (χ2v) is 5.28. The Kier molecular flexibility index (Phi) is 3.18. The number of hydrogen-bond donors (Lipinski definition) is 2. The Hall–Kier alpha value is -2.30. The minimum Gasteiger partial charge on any atom is -0.396 e. The number of aromatic nitrogens is 1. The molecule has 2 aromatic rings. The molecule has 1 aromatic carbocycles. The fourth-order valence-electron chi connectivity index (χ4n) is 2.36. The topological polar surface area (TPSA) is 71.2 Å². The third kappa shape index (κ3) is 2.52. The van der Waals surface area contributed by atoms with Gasteiger partial charge in [0.15, 0.2) is 0 Å². The summed E-state index contributed by atoms with van der Waals surface area (Å²) in [5.41, 5.74) is 8.37. The number of nitrogens with zero attached hydrogens (tertiary/aromatic N) is 2. The van der Waals surface area contributed by atoms with Crippen molar-refractivity contribution in [1.29, 1.82) is 0 Å². The number of carbonyl (C=O) groups is 1. The van der Waals surface area contributed by atoms with Crippen LogP contribution in [0.4, 0.5) is 11.4 Å². The number of hydrogen-bond acceptors (Lipinski definition) is 4. The van der Waals surface area contributed by atoms with Gasteiger partial charge in [-0.3, -0.25) is 9.78 Å². The molecule has 5 nitrogen and oxygen atoms in total. The number of amides is 1. The van der Waals surface area contributed by atoms with Crippen molar-refractivity contribution in [2.75, 3.05) is 24.2 Å². The fourth-order valence-corrected chi connectivity index (χ4v) is 2.36. The molecule has 0 bridgehead atoms. The van der Waals surface area contributed by atoms with E-state index in [9.17, 15) is 4.79 Å². The summed E-state index contributed by atoms with van der Waals surface area (Å²) in [4.78, 5) is 18.1. The van der Waals surface area contributed by atoms with Crippen molar-refractivity contribution in [3.8, 4) is 0 Å². The summed E-state index contributed by atoms with van der Waals surface area (Å²) < 4.78 is 0. The molecule has 0 aliphatic heterocycles. The van der Waals surface area contributed by atoms with Gasteiger partial charge in [-0.1, -0.05) is 18.2 Å². The van der Waals surface area contributed by atoms with Gasteiger partial charge < -0.3 is 16.0 Å². The molecular weight excluding hydrogens is 252 g/mol. The van der Waals surface area contributed by atoms with Crippen LogP contribution in [0.3, 0.4) is 0 Å². The van der Waals surface area contributed by atoms with E-state index in [4.69, 9.17) is 5.73 Å². The van der Waals surface area contributed by atoms with Gasteiger partial charge in [0, 0.05) is 18.5 Å². The van der Waals surface area contributed by atoms with Gasteiger partial charge >= 0.3 is 0 Å². The molecule has 0 unspecified atom stereocenters. The molecule has 0 radical (unpaired) electrons. The first-order chi connectivity index (χ1) is 9.65. The molecule has 5 heteroatoms. The Bertz CT molecular complexity index is 651. The van der Waals surface area contributed by atoms with Crippen LogP contribution in [-0.4, -0.2) is 30.5 Å². The van der Waals surface area contributed by atoms with Crippen molar-refractivity contribution in [2.45, 2.75) is 18.9 Å². The predicted molar refractivity (Wildman–Crippen MR) is 80.6 cm³/mol. The number of anilines is 2. The molecule has 1 amide bonds. The summed E-state index contributed by atoms with van der Waals surface area (Å²) in [7, 11) is 1.88. The zero-order chi connectivity index (χ0) is 14.1. The van der Waals surface area contributed by atoms with Crippen LogP contribution in [-0.2, 0) is 4.79 Å². The van der Waals surface area contributed by atoms with Crippen LogP contribution in [0.1, 0.15) is 12.8 Å². The lowest BCUT2D eigenvalue weighted by atomic mass is 10.1. The van der Waals surface area contributed by atoms with E-state index in [1.807, 2.05) is 36.2 Å². The highest BCUT2D eigenvalue weighted by Gasteiger charge is 2.24. The van der Waals surface area contributed by atoms with Crippen LogP contribution in [0.15, 0.2) is 30.5 Å². The van der Waals surface area contributed by atoms with E-state index in [0.717, 1.165) is 29.4 Å². The summed E-state index contributed by atoms with van der Waals surface area (Å²) in [5.74, 6) is 0.0373. The average molecular weight is 270 g/mol. The van der Waals surface area contributed by atoms with Crippen molar-refractivity contribution in [3.05, 3.63) is 30.5 Å². The summed E-state index contributed by atoms with van der Waals surface area (Å²) in [6.07, 6.45) is 3.83. The average Bonchev–Trinajstić information content (AvgIpc) is 3.22. The molecule has 1 fully saturated rings. The number of rotatable bonds is 4. The molecule has 0 spiro atoms. The molecule has 1 saturated carbocycles. The number of fused-ring (bicyclic) bond motifs is 1. The van der Waals surface area contributed by atoms with E-state index >= 15 is 0 Å². The van der Waals surface area contributed by atoms with Gasteiger partial charge in [0.1, 0.15) is 0 Å². The molecule has 1 heterocycles. The quantitative estimate of drug-likeness (QED) is 0.884. The molecule has 104 valence electrons. The normalized spacial score (nSPS) is 14.2. The first-order valence-electron chi connectivity index (χ1n) is 6.79. The molecule has 0 atom stereocenters. The lowest BCUT2D eigenvalue weighted by Gasteiger charge is -2.22. The largest absolute Gasteiger partial charge is 0.396 e. The first-order valence-corrected chi connectivity index (χ1v) is 6.79. The maximum absolute atomic E-state index is 11.9. The smallest absolute Gasteiger partial charge is 0.239 e. The summed E-state index contributed by atoms with van der Waals surface area (Å²) in [6.45, 7) is 0.300. The minimum absolute atomic E-state index is 0.0373. The zero-order valence-corrected chi connectivity index (χ0v) is 11.5. The standard InChI is InChI=1S/C15H18N4O/c1-19(9-14(20)18-10-6-7-10)15-11-4-2-3-5-13(11)17-8-12(15)16/h2-5,8,10H,6-7,9,16H2,1H3,(H,18,20). The van der Waals surface area contributed by atoms with Gasteiger partial charge in [0.05, 0.1) is 29.6 Å². The number of nitrogens with one attached hydrogen (secondary N) is 1. The highest BCUT2D eigenvalue weighted by Crippen LogP contribution is 2.30. The van der Waals surface area contributed by atoms with Gasteiger partial charge in [0.2, 0.25) is 5.91 Å². The monoisotopic (exact) mass is 270 g/mol. The summed E-state index contributed by atoms with van der Waals surface area (Å²) in [5, 5.41) is 3.95. The molecule has 3 N–H and O–H groups in total. The Morgan fingerprint density at radius 1 is 1.45 bits per heavy atom. The van der Waals surface area contributed by atoms with E-state index in [1.165, 1.54) is 0 Å². The molecule has 0 saturated heterocycles. The Morgan fingerprint density at radius 3 is 2.95 bits per heavy atom. The third-order valence-corrected chi connectivity index (χ3v) is 3.48. The number of nitrogens with two attached hydrogens (primary N) is 1. The van der Waals surface area contributed by atoms with Crippen LogP contribution in [0.2, 0.25) is 0 Å². The van der Waals surface area contributed by atoms with E-state index in [-0.39, 0.29) is 5.91 Å². The Morgan fingerprint density at radius 2 is 2.20 bits per heavy atom. The van der Waals surface area contributed by atoms with Crippen molar-refractivity contribution in [1.82, 2.24) is 10.3 Å². The predicted octanol–water partition coefficient (Wildman–Crippen LogP) is 1.53. The number of likely N-dealkylation sites (N-methyl/N-ethyl adjacent to an activating group) is 1. The Balaban J connectivity index is 1.87. The zero-order valence-electron chi connectivity index (χ0n) is 11.5. The lowest BCUT2D eigenvalue weighted by Crippen LogP contribution is -2.36. The van der Waals surface area contributed by atoms with Gasteiger partial charge in [-0.25, -0.2) is 0 Å². The minimum atomic E-state index is 0.0373. The first kappa shape index (κ1) is 12.7. The SMILES string of the molecule is CN(CC(=O)NC1CC1)c1c(N)cnc2ccccc12. The number of nitrogen functional groups attached to an aromatic ring is 1. The number of pyridine rings is 1.